The highest BCUT2D eigenvalue weighted by Crippen LogP contribution is 2.11. The van der Waals surface area contributed by atoms with Crippen molar-refractivity contribution in [3.8, 4) is 0 Å². The van der Waals surface area contributed by atoms with Crippen LogP contribution in [0.5, 0.6) is 0 Å². The van der Waals surface area contributed by atoms with Crippen LogP contribution in [-0.2, 0) is 62.4 Å². The second-order valence-electron chi connectivity index (χ2n) is 19.1. The van der Waals surface area contributed by atoms with Crippen molar-refractivity contribution in [1.82, 2.24) is 77.8 Å². The number of imidazole rings is 3. The Hall–Kier alpha value is -8.07. The average Bonchev–Trinajstić information content (AvgIpc) is 4.23. The highest BCUT2D eigenvalue weighted by molar-refractivity contribution is 5.98. The monoisotopic (exact) mass is 1120 g/mol. The zero-order valence-corrected chi connectivity index (χ0v) is 44.4. The van der Waals surface area contributed by atoms with E-state index in [1.54, 1.807) is 13.8 Å². The fourth-order valence-electron chi connectivity index (χ4n) is 7.73. The third-order valence-electron chi connectivity index (χ3n) is 12.0. The van der Waals surface area contributed by atoms with Gasteiger partial charge in [0.15, 0.2) is 5.96 Å². The Morgan fingerprint density at radius 1 is 0.557 bits per heavy atom. The van der Waals surface area contributed by atoms with Gasteiger partial charge in [-0.25, -0.2) is 19.7 Å². The molecule has 32 nitrogen and oxygen atoms in total. The molecule has 3 aromatic rings. The number of aromatic nitrogens is 6. The number of aromatic amines is 3. The van der Waals surface area contributed by atoms with Gasteiger partial charge in [-0.2, -0.15) is 0 Å². The molecular weight excluding hydrogens is 1040 g/mol. The number of rotatable bonds is 36. The Bertz CT molecular complexity index is 2420. The first-order chi connectivity index (χ1) is 37.4. The number of hydrogen-bond donors (Lipinski definition) is 20. The molecule has 0 aliphatic rings. The average molecular weight is 1120 g/mol. The second kappa shape index (κ2) is 33.3. The predicted molar refractivity (Wildman–Crippen MR) is 280 cm³/mol. The first kappa shape index (κ1) is 65.2. The van der Waals surface area contributed by atoms with E-state index in [9.17, 15) is 63.6 Å². The van der Waals surface area contributed by atoms with Gasteiger partial charge in [0.25, 0.3) is 0 Å². The molecule has 0 spiro atoms. The van der Waals surface area contributed by atoms with Crippen molar-refractivity contribution in [2.45, 2.75) is 152 Å². The zero-order valence-electron chi connectivity index (χ0n) is 44.4. The van der Waals surface area contributed by atoms with Gasteiger partial charge < -0.3 is 100 Å². The summed E-state index contributed by atoms with van der Waals surface area (Å²) in [6.07, 6.45) is 5.80. The standard InChI is InChI=1S/C47H77N19O13/c1-23(2)12-31(61-42(74)33(14-27-17-53-21-57-27)62-41(73)32(13-26-16-52-20-56-26)60-38(70)29(49)8-5-6-10-48)40(72)59-30(9-7-11-55-47(50)51)39(71)64-35(19-67)43(75)65-37(25(4)69)45(77)66-36(24(3)68)44(76)63-34(46(78)79)15-28-18-54-22-58-28/h16-18,20-25,29-37,67-69H,5-15,19,48-49H2,1-4H3,(H,52,56)(H,53,57)(H,54,58)(H,59,72)(H,60,70)(H,61,74)(H,62,73)(H,63,76)(H,64,71)(H,65,75)(H,66,77)(H,78,79)(H4,50,51,55)/t24-,25-,29+,30+,31+,32+,33+,34+,35+,36+,37+/m1/s1. The lowest BCUT2D eigenvalue weighted by Gasteiger charge is -2.29. The van der Waals surface area contributed by atoms with Crippen LogP contribution in [0.15, 0.2) is 37.6 Å². The molecule has 438 valence electrons. The second-order valence-corrected chi connectivity index (χ2v) is 19.1. The van der Waals surface area contributed by atoms with E-state index in [0.717, 1.165) is 13.8 Å². The van der Waals surface area contributed by atoms with Gasteiger partial charge in [0.2, 0.25) is 47.3 Å². The van der Waals surface area contributed by atoms with Gasteiger partial charge in [0.1, 0.15) is 48.3 Å². The van der Waals surface area contributed by atoms with E-state index in [2.05, 4.69) is 77.8 Å². The summed E-state index contributed by atoms with van der Waals surface area (Å²) in [6, 6.07) is -13.7. The SMILES string of the molecule is CC(C)C[C@H](NC(=O)[C@H](Cc1c[nH]cn1)NC(=O)[C@H](Cc1c[nH]cn1)NC(=O)[C@@H](N)CCCCN)C(=O)N[C@@H](CCCNC(=N)N)C(=O)N[C@@H](CO)C(=O)N[C@H](C(=O)N[C@H](C(=O)N[C@@H](Cc1c[nH]cn1)C(=O)O)[C@@H](C)O)[C@@H](C)O. The molecule has 0 fully saturated rings. The highest BCUT2D eigenvalue weighted by atomic mass is 16.4. The summed E-state index contributed by atoms with van der Waals surface area (Å²) in [5.74, 6) is -10.0. The summed E-state index contributed by atoms with van der Waals surface area (Å²) in [6.45, 7) is 5.02. The lowest BCUT2D eigenvalue weighted by Crippen LogP contribution is -2.63. The molecule has 0 aromatic carbocycles. The highest BCUT2D eigenvalue weighted by Gasteiger charge is 2.37. The van der Waals surface area contributed by atoms with Crippen LogP contribution in [0.2, 0.25) is 0 Å². The number of aliphatic hydroxyl groups excluding tert-OH is 3. The van der Waals surface area contributed by atoms with Crippen LogP contribution >= 0.6 is 0 Å². The number of nitrogens with zero attached hydrogens (tertiary/aromatic N) is 3. The largest absolute Gasteiger partial charge is 0.480 e. The number of hydrogen-bond acceptors (Lipinski definition) is 18. The van der Waals surface area contributed by atoms with Gasteiger partial charge in [0.05, 0.1) is 60.9 Å². The topological polar surface area (TPSA) is 531 Å². The van der Waals surface area contributed by atoms with Gasteiger partial charge in [-0.05, 0) is 58.4 Å². The smallest absolute Gasteiger partial charge is 0.326 e. The van der Waals surface area contributed by atoms with Crippen molar-refractivity contribution in [2.24, 2.45) is 23.1 Å². The Labute approximate surface area is 454 Å². The van der Waals surface area contributed by atoms with Crippen molar-refractivity contribution in [3.63, 3.8) is 0 Å². The molecule has 79 heavy (non-hydrogen) atoms. The normalized spacial score (nSPS) is 15.4. The first-order valence-corrected chi connectivity index (χ1v) is 25.5. The molecule has 0 saturated carbocycles. The number of aliphatic carboxylic acids is 1. The molecular formula is C47H77N19O13. The summed E-state index contributed by atoms with van der Waals surface area (Å²) in [7, 11) is 0. The number of nitrogens with two attached hydrogens (primary N) is 3. The van der Waals surface area contributed by atoms with E-state index < -0.39 is 132 Å². The summed E-state index contributed by atoms with van der Waals surface area (Å²) >= 11 is 0. The van der Waals surface area contributed by atoms with E-state index in [-0.39, 0.29) is 63.1 Å². The van der Waals surface area contributed by atoms with E-state index in [4.69, 9.17) is 22.6 Å². The third kappa shape index (κ3) is 22.8. The molecule has 0 radical (unpaired) electrons. The van der Waals surface area contributed by atoms with Crippen molar-refractivity contribution in [2.75, 3.05) is 19.7 Å². The first-order valence-electron chi connectivity index (χ1n) is 25.5. The minimum atomic E-state index is -1.90. The molecule has 0 bridgehead atoms. The molecule has 23 N–H and O–H groups in total. The maximum Gasteiger partial charge on any atom is 0.326 e. The van der Waals surface area contributed by atoms with Crippen LogP contribution in [0.4, 0.5) is 0 Å². The zero-order chi connectivity index (χ0) is 58.8. The van der Waals surface area contributed by atoms with Gasteiger partial charge in [0, 0.05) is 44.4 Å². The number of aliphatic hydroxyl groups is 3. The van der Waals surface area contributed by atoms with Crippen LogP contribution in [0.1, 0.15) is 83.3 Å². The Morgan fingerprint density at radius 2 is 0.962 bits per heavy atom. The Morgan fingerprint density at radius 3 is 1.41 bits per heavy atom. The Kier molecular flexibility index (Phi) is 27.5. The van der Waals surface area contributed by atoms with Crippen LogP contribution in [0.25, 0.3) is 0 Å². The van der Waals surface area contributed by atoms with E-state index in [1.807, 2.05) is 0 Å². The molecule has 32 heteroatoms. The molecule has 3 heterocycles. The van der Waals surface area contributed by atoms with Gasteiger partial charge >= 0.3 is 5.97 Å². The molecule has 0 aliphatic heterocycles. The third-order valence-corrected chi connectivity index (χ3v) is 12.0. The summed E-state index contributed by atoms with van der Waals surface area (Å²) < 4.78 is 0. The van der Waals surface area contributed by atoms with Crippen LogP contribution in [-0.4, -0.2) is 196 Å². The van der Waals surface area contributed by atoms with Gasteiger partial charge in [-0.3, -0.25) is 43.8 Å². The summed E-state index contributed by atoms with van der Waals surface area (Å²) in [5.41, 5.74) is 18.2. The molecule has 0 saturated heterocycles. The fraction of sp³-hybridized carbons (Fsp3) is 0.596. The maximum absolute atomic E-state index is 14.3. The number of amides is 8. The molecule has 0 aliphatic carbocycles. The van der Waals surface area contributed by atoms with Crippen molar-refractivity contribution < 1.29 is 63.6 Å². The minimum absolute atomic E-state index is 0.0198. The fourth-order valence-corrected chi connectivity index (χ4v) is 7.73. The number of nitrogens with one attached hydrogen (secondary N) is 13. The van der Waals surface area contributed by atoms with Gasteiger partial charge in [-0.15, -0.1) is 0 Å². The predicted octanol–water partition coefficient (Wildman–Crippen LogP) is -6.63. The summed E-state index contributed by atoms with van der Waals surface area (Å²) in [5, 5.41) is 70.6. The number of guanidine groups is 1. The van der Waals surface area contributed by atoms with Crippen molar-refractivity contribution >= 4 is 59.2 Å². The quantitative estimate of drug-likeness (QED) is 0.0146. The number of carbonyl (C=O) groups is 9. The lowest BCUT2D eigenvalue weighted by molar-refractivity contribution is -0.143. The number of carbonyl (C=O) groups excluding carboxylic acids is 8. The van der Waals surface area contributed by atoms with Crippen LogP contribution < -0.4 is 65.1 Å². The van der Waals surface area contributed by atoms with Crippen molar-refractivity contribution in [1.29, 1.82) is 5.41 Å². The Balaban J connectivity index is 1.84. The molecule has 3 rings (SSSR count). The van der Waals surface area contributed by atoms with Crippen LogP contribution in [0, 0.1) is 11.3 Å². The van der Waals surface area contributed by atoms with Gasteiger partial charge in [-0.1, -0.05) is 20.3 Å². The minimum Gasteiger partial charge on any atom is -0.480 e. The molecule has 11 atom stereocenters. The molecule has 3 aromatic heterocycles. The van der Waals surface area contributed by atoms with E-state index in [0.29, 0.717) is 30.8 Å². The lowest BCUT2D eigenvalue weighted by atomic mass is 10.0. The number of unbranched alkanes of at least 4 members (excludes halogenated alkanes) is 1. The van der Waals surface area contributed by atoms with E-state index in [1.165, 1.54) is 37.6 Å². The van der Waals surface area contributed by atoms with E-state index >= 15 is 0 Å². The molecule has 0 unspecified atom stereocenters. The molecule has 8 amide bonds. The summed E-state index contributed by atoms with van der Waals surface area (Å²) in [4.78, 5) is 143. The van der Waals surface area contributed by atoms with Crippen molar-refractivity contribution in [3.05, 3.63) is 54.7 Å². The maximum atomic E-state index is 14.3. The number of carboxylic acids is 1. The number of carboxylic acid groups (broad SMARTS) is 1. The number of H-pyrrole nitrogens is 3. The van der Waals surface area contributed by atoms with Crippen LogP contribution in [0.3, 0.4) is 0 Å².